The predicted molar refractivity (Wildman–Crippen MR) is 20.0 cm³/mol. The Bertz CT molecular complexity index is 17.1. The molecular weight excluding hydrogens is 125 g/mol. The molecular formula is H5AlCoLiO2. The van der Waals surface area contributed by atoms with Crippen molar-refractivity contribution in [1.82, 2.24) is 0 Å². The van der Waals surface area contributed by atoms with Crippen molar-refractivity contribution < 1.29 is 23.0 Å². The van der Waals surface area contributed by atoms with E-state index < -0.39 is 15.0 Å². The van der Waals surface area contributed by atoms with Gasteiger partial charge in [0.1, 0.15) is 0 Å². The molecule has 0 rings (SSSR count). The fourth-order valence-electron chi connectivity index (χ4n) is 0. The van der Waals surface area contributed by atoms with Crippen LogP contribution in [0.5, 0.6) is 0 Å². The average Bonchev–Trinajstić information content (AvgIpc) is 0.918. The van der Waals surface area contributed by atoms with Crippen LogP contribution in [0.15, 0.2) is 0 Å². The molecule has 0 atom stereocenters. The summed E-state index contributed by atoms with van der Waals surface area (Å²) in [6.07, 6.45) is 0. The van der Waals surface area contributed by atoms with E-state index in [9.17, 15) is 0 Å². The average molecular weight is 130 g/mol. The van der Waals surface area contributed by atoms with Crippen LogP contribution in [-0.2, 0) is 18.8 Å². The summed E-state index contributed by atoms with van der Waals surface area (Å²) in [4.78, 5) is 0. The van der Waals surface area contributed by atoms with E-state index in [1.165, 1.54) is 0 Å². The number of hydrogen-bond donors (Lipinski definition) is 1. The molecule has 0 saturated heterocycles. The van der Waals surface area contributed by atoms with Gasteiger partial charge in [-0.1, -0.05) is 0 Å². The van der Waals surface area contributed by atoms with E-state index in [4.69, 9.17) is 8.08 Å². The third kappa shape index (κ3) is 31.9. The first-order valence-corrected chi connectivity index (χ1v) is 1.18. The normalized spacial score (nSPS) is 4.20. The van der Waals surface area contributed by atoms with E-state index in [1.807, 2.05) is 0 Å². The molecule has 0 fully saturated rings. The van der Waals surface area contributed by atoms with Crippen LogP contribution in [-0.4, -0.2) is 40.4 Å². The Labute approximate surface area is 59.1 Å². The zero-order valence-corrected chi connectivity index (χ0v) is 2.23. The Morgan fingerprint density at radius 3 is 1.60 bits per heavy atom. The molecule has 0 aromatic carbocycles. The molecule has 0 aliphatic heterocycles. The zero-order valence-electron chi connectivity index (χ0n) is 1.19. The number of hydrogen-bond acceptors (Lipinski definition) is 1. The van der Waals surface area contributed by atoms with E-state index in [0.29, 0.717) is 0 Å². The van der Waals surface area contributed by atoms with E-state index in [0.717, 1.165) is 0 Å². The Hall–Kier alpha value is 1.40. The van der Waals surface area contributed by atoms with Gasteiger partial charge in [-0.2, -0.15) is 0 Å². The Balaban J connectivity index is -0.0000000200. The molecule has 0 aliphatic rings. The van der Waals surface area contributed by atoms with Crippen LogP contribution in [0.3, 0.4) is 0 Å². The summed E-state index contributed by atoms with van der Waals surface area (Å²) in [5.74, 6) is 0. The molecule has 0 aliphatic carbocycles. The second-order valence-electron chi connectivity index (χ2n) is 0.0609. The predicted octanol–water partition coefficient (Wildman–Crippen LogP) is -2.51. The molecule has 0 heterocycles. The minimum absolute atomic E-state index is 0. The molecule has 0 bridgehead atoms. The van der Waals surface area contributed by atoms with Crippen LogP contribution >= 0.6 is 0 Å². The van der Waals surface area contributed by atoms with Gasteiger partial charge in [-0.15, -0.1) is 0 Å². The van der Waals surface area contributed by atoms with Gasteiger partial charge in [0.25, 0.3) is 0 Å². The summed E-state index contributed by atoms with van der Waals surface area (Å²) in [6, 6.07) is 0. The SMILES string of the molecule is [AlH3].[LiH].[O]=[Co][OH]. The van der Waals surface area contributed by atoms with Crippen LogP contribution in [0.1, 0.15) is 0 Å². The van der Waals surface area contributed by atoms with Gasteiger partial charge in [0.15, 0.2) is 17.4 Å². The van der Waals surface area contributed by atoms with E-state index in [1.54, 1.807) is 0 Å². The van der Waals surface area contributed by atoms with Gasteiger partial charge >= 0.3 is 41.9 Å². The number of rotatable bonds is 0. The zero-order chi connectivity index (χ0) is 2.71. The van der Waals surface area contributed by atoms with Crippen molar-refractivity contribution in [2.24, 2.45) is 0 Å². The molecule has 0 amide bonds. The maximum absolute atomic E-state index is 8.45. The van der Waals surface area contributed by atoms with Gasteiger partial charge in [-0.3, -0.25) is 0 Å². The second kappa shape index (κ2) is 18.2. The van der Waals surface area contributed by atoms with Crippen LogP contribution < -0.4 is 0 Å². The monoisotopic (exact) mass is 130 g/mol. The van der Waals surface area contributed by atoms with E-state index in [-0.39, 0.29) is 36.2 Å². The summed E-state index contributed by atoms with van der Waals surface area (Å²) < 4.78 is 15.4. The first kappa shape index (κ1) is 16.1. The summed E-state index contributed by atoms with van der Waals surface area (Å²) in [5, 5.41) is 0. The van der Waals surface area contributed by atoms with Gasteiger partial charge in [-0.25, -0.2) is 0 Å². The third-order valence-corrected chi connectivity index (χ3v) is 0. The van der Waals surface area contributed by atoms with Crippen molar-refractivity contribution in [3.05, 3.63) is 0 Å². The van der Waals surface area contributed by atoms with Crippen molar-refractivity contribution >= 4 is 36.2 Å². The molecule has 0 spiro atoms. The summed E-state index contributed by atoms with van der Waals surface area (Å²) in [6.45, 7) is 0. The topological polar surface area (TPSA) is 37.3 Å². The standard InChI is InChI=1S/Al.Co.Li.H2O.O.4H/h;;;1H2;;;;;/q;+1;;;;;;;/p-1. The molecule has 0 saturated carbocycles. The van der Waals surface area contributed by atoms with Gasteiger partial charge in [0, 0.05) is 0 Å². The summed E-state index contributed by atoms with van der Waals surface area (Å²) >= 11 is -0.812. The molecule has 1 N–H and O–H groups in total. The van der Waals surface area contributed by atoms with Crippen molar-refractivity contribution in [3.63, 3.8) is 0 Å². The van der Waals surface area contributed by atoms with Gasteiger partial charge < -0.3 is 0 Å². The van der Waals surface area contributed by atoms with Crippen LogP contribution in [0.2, 0.25) is 0 Å². The van der Waals surface area contributed by atoms with Crippen molar-refractivity contribution in [2.75, 3.05) is 0 Å². The second-order valence-corrected chi connectivity index (χ2v) is 0.251. The Morgan fingerprint density at radius 1 is 1.60 bits per heavy atom. The minimum atomic E-state index is -0.812. The quantitative estimate of drug-likeness (QED) is 0.367. The van der Waals surface area contributed by atoms with Crippen molar-refractivity contribution in [2.45, 2.75) is 0 Å². The van der Waals surface area contributed by atoms with Crippen LogP contribution in [0.25, 0.3) is 0 Å². The van der Waals surface area contributed by atoms with Gasteiger partial charge in [0.2, 0.25) is 0 Å². The van der Waals surface area contributed by atoms with Gasteiger partial charge in [-0.05, 0) is 0 Å². The maximum atomic E-state index is 8.45. The first-order chi connectivity index (χ1) is 1.41. The molecule has 0 radical (unpaired) electrons. The molecule has 30 valence electrons. The van der Waals surface area contributed by atoms with Crippen molar-refractivity contribution in [1.29, 1.82) is 0 Å². The molecule has 0 aromatic heterocycles. The fourth-order valence-corrected chi connectivity index (χ4v) is 0. The molecule has 0 unspecified atom stereocenters. The summed E-state index contributed by atoms with van der Waals surface area (Å²) in [5.41, 5.74) is 0. The first-order valence-electron chi connectivity index (χ1n) is 0.285. The van der Waals surface area contributed by atoms with Gasteiger partial charge in [0.05, 0.1) is 0 Å². The van der Waals surface area contributed by atoms with Crippen molar-refractivity contribution in [3.8, 4) is 0 Å². The van der Waals surface area contributed by atoms with E-state index >= 15 is 0 Å². The third-order valence-electron chi connectivity index (χ3n) is 0. The fraction of sp³-hybridized carbons (Fsp3) is 0. The molecule has 5 heteroatoms. The molecule has 5 heavy (non-hydrogen) atoms. The molecule has 0 aromatic rings. The van der Waals surface area contributed by atoms with Crippen LogP contribution in [0, 0.1) is 0 Å². The van der Waals surface area contributed by atoms with E-state index in [2.05, 4.69) is 0 Å². The molecule has 2 nitrogen and oxygen atoms in total. The Kier molecular flexibility index (Phi) is 58.7. The summed E-state index contributed by atoms with van der Waals surface area (Å²) in [7, 11) is 0. The van der Waals surface area contributed by atoms with Crippen LogP contribution in [0.4, 0.5) is 0 Å². The Morgan fingerprint density at radius 2 is 1.60 bits per heavy atom.